The Bertz CT molecular complexity index is 464. The molecule has 1 amide bonds. The number of β-amino-alcohol motifs (C(OH)–C–C–N with tert-alkyl or cyclic N) is 1. The van der Waals surface area contributed by atoms with Crippen molar-refractivity contribution in [3.05, 3.63) is 35.1 Å². The van der Waals surface area contributed by atoms with Crippen LogP contribution in [0.5, 0.6) is 0 Å². The second-order valence-corrected chi connectivity index (χ2v) is 3.92. The lowest BCUT2D eigenvalue weighted by atomic mass is 10.1. The van der Waals surface area contributed by atoms with Crippen LogP contribution < -0.4 is 0 Å². The fourth-order valence-electron chi connectivity index (χ4n) is 1.79. The summed E-state index contributed by atoms with van der Waals surface area (Å²) in [6.45, 7) is 0.357. The number of carbonyl (C=O) groups excluding carboxylic acids is 1. The molecule has 0 saturated carbocycles. The zero-order valence-corrected chi connectivity index (χ0v) is 8.79. The van der Waals surface area contributed by atoms with Crippen molar-refractivity contribution in [1.82, 2.24) is 4.90 Å². The standard InChI is InChI=1S/C11H10F3NO2/c12-8-2-1-7(9(13)10(8)14)11(17)15-4-3-6(16)5-15/h1-2,6,16H,3-5H2/t6-/m1/s1. The van der Waals surface area contributed by atoms with Crippen molar-refractivity contribution in [1.29, 1.82) is 0 Å². The minimum atomic E-state index is -1.66. The van der Waals surface area contributed by atoms with Crippen LogP contribution in [0.15, 0.2) is 12.1 Å². The first-order valence-electron chi connectivity index (χ1n) is 5.11. The van der Waals surface area contributed by atoms with Gasteiger partial charge in [0.05, 0.1) is 11.7 Å². The zero-order chi connectivity index (χ0) is 12.6. The van der Waals surface area contributed by atoms with E-state index in [1.54, 1.807) is 0 Å². The number of aliphatic hydroxyl groups is 1. The lowest BCUT2D eigenvalue weighted by molar-refractivity contribution is 0.0759. The summed E-state index contributed by atoms with van der Waals surface area (Å²) in [5.74, 6) is -5.22. The van der Waals surface area contributed by atoms with Gasteiger partial charge in [-0.2, -0.15) is 0 Å². The van der Waals surface area contributed by atoms with Crippen LogP contribution in [0.2, 0.25) is 0 Å². The summed E-state index contributed by atoms with van der Waals surface area (Å²) >= 11 is 0. The van der Waals surface area contributed by atoms with E-state index in [4.69, 9.17) is 0 Å². The number of aliphatic hydroxyl groups excluding tert-OH is 1. The number of hydrogen-bond donors (Lipinski definition) is 1. The Morgan fingerprint density at radius 1 is 1.29 bits per heavy atom. The molecule has 6 heteroatoms. The van der Waals surface area contributed by atoms with Gasteiger partial charge in [-0.15, -0.1) is 0 Å². The smallest absolute Gasteiger partial charge is 0.257 e. The third-order valence-corrected chi connectivity index (χ3v) is 2.72. The van der Waals surface area contributed by atoms with Gasteiger partial charge in [0.15, 0.2) is 17.5 Å². The Morgan fingerprint density at radius 2 is 2.00 bits per heavy atom. The molecular weight excluding hydrogens is 235 g/mol. The monoisotopic (exact) mass is 245 g/mol. The van der Waals surface area contributed by atoms with Gasteiger partial charge in [-0.1, -0.05) is 0 Å². The van der Waals surface area contributed by atoms with Crippen molar-refractivity contribution in [2.24, 2.45) is 0 Å². The molecular formula is C11H10F3NO2. The van der Waals surface area contributed by atoms with Crippen LogP contribution in [0.3, 0.4) is 0 Å². The van der Waals surface area contributed by atoms with Crippen LogP contribution in [0.4, 0.5) is 13.2 Å². The number of rotatable bonds is 1. The van der Waals surface area contributed by atoms with E-state index in [1.807, 2.05) is 0 Å². The van der Waals surface area contributed by atoms with Gasteiger partial charge in [0.1, 0.15) is 0 Å². The van der Waals surface area contributed by atoms with E-state index in [-0.39, 0.29) is 13.1 Å². The lowest BCUT2D eigenvalue weighted by Gasteiger charge is -2.16. The molecule has 0 bridgehead atoms. The van der Waals surface area contributed by atoms with Gasteiger partial charge in [0.2, 0.25) is 0 Å². The first-order valence-corrected chi connectivity index (χ1v) is 5.11. The van der Waals surface area contributed by atoms with Gasteiger partial charge in [-0.3, -0.25) is 4.79 Å². The van der Waals surface area contributed by atoms with Gasteiger partial charge in [0, 0.05) is 13.1 Å². The van der Waals surface area contributed by atoms with Gasteiger partial charge in [-0.25, -0.2) is 13.2 Å². The highest BCUT2D eigenvalue weighted by molar-refractivity contribution is 5.94. The Hall–Kier alpha value is -1.56. The largest absolute Gasteiger partial charge is 0.391 e. The summed E-state index contributed by atoms with van der Waals surface area (Å²) in [5.41, 5.74) is -0.516. The quantitative estimate of drug-likeness (QED) is 0.758. The van der Waals surface area contributed by atoms with Crippen molar-refractivity contribution in [3.63, 3.8) is 0 Å². The number of nitrogens with zero attached hydrogens (tertiary/aromatic N) is 1. The molecule has 0 aliphatic carbocycles. The molecule has 2 rings (SSSR count). The average Bonchev–Trinajstić information content (AvgIpc) is 2.72. The second kappa shape index (κ2) is 4.37. The van der Waals surface area contributed by atoms with E-state index in [9.17, 15) is 23.1 Å². The summed E-state index contributed by atoms with van der Waals surface area (Å²) in [5, 5.41) is 9.24. The molecule has 1 heterocycles. The molecule has 1 saturated heterocycles. The van der Waals surface area contributed by atoms with E-state index < -0.39 is 35.0 Å². The van der Waals surface area contributed by atoms with E-state index >= 15 is 0 Å². The third-order valence-electron chi connectivity index (χ3n) is 2.72. The Balaban J connectivity index is 2.29. The minimum absolute atomic E-state index is 0.0806. The highest BCUT2D eigenvalue weighted by Crippen LogP contribution is 2.19. The third kappa shape index (κ3) is 2.12. The van der Waals surface area contributed by atoms with E-state index in [2.05, 4.69) is 0 Å². The van der Waals surface area contributed by atoms with Crippen LogP contribution in [0, 0.1) is 17.5 Å². The predicted molar refractivity (Wildman–Crippen MR) is 52.8 cm³/mol. The maximum atomic E-state index is 13.3. The number of benzene rings is 1. The summed E-state index contributed by atoms with van der Waals surface area (Å²) in [4.78, 5) is 13.0. The molecule has 17 heavy (non-hydrogen) atoms. The zero-order valence-electron chi connectivity index (χ0n) is 8.79. The molecule has 92 valence electrons. The van der Waals surface area contributed by atoms with Crippen molar-refractivity contribution in [2.45, 2.75) is 12.5 Å². The maximum Gasteiger partial charge on any atom is 0.257 e. The molecule has 1 fully saturated rings. The molecule has 1 aromatic carbocycles. The van der Waals surface area contributed by atoms with Crippen molar-refractivity contribution in [3.8, 4) is 0 Å². The Kier molecular flexibility index (Phi) is 3.06. The SMILES string of the molecule is O=C(c1ccc(F)c(F)c1F)N1CC[C@@H](O)C1. The lowest BCUT2D eigenvalue weighted by Crippen LogP contribution is -2.30. The molecule has 0 aromatic heterocycles. The van der Waals surface area contributed by atoms with E-state index in [1.165, 1.54) is 4.90 Å². The molecule has 1 aromatic rings. The molecule has 1 aliphatic heterocycles. The van der Waals surface area contributed by atoms with E-state index in [0.29, 0.717) is 12.5 Å². The van der Waals surface area contributed by atoms with Crippen LogP contribution in [0.25, 0.3) is 0 Å². The fraction of sp³-hybridized carbons (Fsp3) is 0.364. The molecule has 0 unspecified atom stereocenters. The summed E-state index contributed by atoms with van der Waals surface area (Å²) < 4.78 is 39.0. The van der Waals surface area contributed by atoms with Gasteiger partial charge in [-0.05, 0) is 18.6 Å². The molecule has 1 atom stereocenters. The molecule has 1 N–H and O–H groups in total. The van der Waals surface area contributed by atoms with Gasteiger partial charge >= 0.3 is 0 Å². The van der Waals surface area contributed by atoms with Gasteiger partial charge < -0.3 is 10.0 Å². The van der Waals surface area contributed by atoms with Crippen LogP contribution in [-0.2, 0) is 0 Å². The Morgan fingerprint density at radius 3 is 2.59 bits per heavy atom. The molecule has 0 radical (unpaired) electrons. The number of likely N-dealkylation sites (tertiary alicyclic amines) is 1. The van der Waals surface area contributed by atoms with Crippen molar-refractivity contribution in [2.75, 3.05) is 13.1 Å². The molecule has 0 spiro atoms. The fourth-order valence-corrected chi connectivity index (χ4v) is 1.79. The second-order valence-electron chi connectivity index (χ2n) is 3.92. The number of halogens is 3. The first kappa shape index (κ1) is 11.9. The van der Waals surface area contributed by atoms with Crippen LogP contribution >= 0.6 is 0 Å². The van der Waals surface area contributed by atoms with Gasteiger partial charge in [0.25, 0.3) is 5.91 Å². The van der Waals surface area contributed by atoms with E-state index in [0.717, 1.165) is 6.07 Å². The number of carbonyl (C=O) groups is 1. The summed E-state index contributed by atoms with van der Waals surface area (Å²) in [7, 11) is 0. The topological polar surface area (TPSA) is 40.5 Å². The van der Waals surface area contributed by atoms with Crippen molar-refractivity contribution >= 4 is 5.91 Å². The highest BCUT2D eigenvalue weighted by Gasteiger charge is 2.28. The molecule has 1 aliphatic rings. The highest BCUT2D eigenvalue weighted by atomic mass is 19.2. The number of amides is 1. The maximum absolute atomic E-state index is 13.3. The Labute approximate surface area is 95.5 Å². The predicted octanol–water partition coefficient (Wildman–Crippen LogP) is 1.31. The minimum Gasteiger partial charge on any atom is -0.391 e. The number of hydrogen-bond acceptors (Lipinski definition) is 2. The van der Waals surface area contributed by atoms with Crippen molar-refractivity contribution < 1.29 is 23.1 Å². The molecule has 3 nitrogen and oxygen atoms in total. The summed E-state index contributed by atoms with van der Waals surface area (Å²) in [6.07, 6.45) is -0.246. The summed E-state index contributed by atoms with van der Waals surface area (Å²) in [6, 6.07) is 1.61. The first-order chi connectivity index (χ1) is 8.00. The van der Waals surface area contributed by atoms with Crippen LogP contribution in [-0.4, -0.2) is 35.1 Å². The normalized spacial score (nSPS) is 19.8. The van der Waals surface area contributed by atoms with Crippen LogP contribution in [0.1, 0.15) is 16.8 Å². The average molecular weight is 245 g/mol.